The number of aliphatic hydroxyl groups is 1. The molecule has 0 unspecified atom stereocenters. The quantitative estimate of drug-likeness (QED) is 0.640. The van der Waals surface area contributed by atoms with Crippen molar-refractivity contribution < 1.29 is 19.8 Å². The first-order valence-electron chi connectivity index (χ1n) is 4.90. The molecule has 0 bridgehead atoms. The van der Waals surface area contributed by atoms with Gasteiger partial charge in [-0.15, -0.1) is 0 Å². The molecule has 1 aromatic rings. The Balaban J connectivity index is 2.54. The zero-order valence-electron chi connectivity index (χ0n) is 9.33. The van der Waals surface area contributed by atoms with Gasteiger partial charge in [-0.1, -0.05) is 0 Å². The molecule has 0 spiro atoms. The van der Waals surface area contributed by atoms with E-state index in [9.17, 15) is 9.59 Å². The number of hydrogen-bond donors (Lipinski definition) is 3. The Hall–Kier alpha value is -2.09. The number of aliphatic hydroxyl groups excluding tert-OH is 1. The molecule has 0 atom stereocenters. The Morgan fingerprint density at radius 3 is 2.88 bits per heavy atom. The van der Waals surface area contributed by atoms with Gasteiger partial charge in [-0.2, -0.15) is 5.10 Å². The van der Waals surface area contributed by atoms with Crippen molar-refractivity contribution in [1.29, 1.82) is 0 Å². The number of nitrogens with zero attached hydrogens (tertiary/aromatic N) is 3. The molecule has 0 saturated carbocycles. The number of nitrogens with one attached hydrogen (secondary N) is 1. The van der Waals surface area contributed by atoms with Gasteiger partial charge in [-0.3, -0.25) is 9.48 Å². The number of urea groups is 1. The molecule has 0 saturated heterocycles. The Bertz CT molecular complexity index is 403. The van der Waals surface area contributed by atoms with Gasteiger partial charge in [0.2, 0.25) is 0 Å². The van der Waals surface area contributed by atoms with Gasteiger partial charge >= 0.3 is 12.0 Å². The third-order valence-electron chi connectivity index (χ3n) is 1.96. The first-order chi connectivity index (χ1) is 8.02. The molecule has 2 amide bonds. The monoisotopic (exact) mass is 242 g/mol. The van der Waals surface area contributed by atoms with E-state index in [1.165, 1.54) is 29.0 Å². The molecule has 94 valence electrons. The average Bonchev–Trinajstić information content (AvgIpc) is 2.64. The van der Waals surface area contributed by atoms with Crippen molar-refractivity contribution in [1.82, 2.24) is 14.7 Å². The predicted molar refractivity (Wildman–Crippen MR) is 58.6 cm³/mol. The standard InChI is InChI=1S/C9H14N4O4/c1-12(2-3-14)9(17)11-7-4-10-13(5-7)6-8(15)16/h4-5,14H,2-3,6H2,1H3,(H,11,17)(H,15,16). The number of aromatic nitrogens is 2. The van der Waals surface area contributed by atoms with Crippen LogP contribution in [0.25, 0.3) is 0 Å². The summed E-state index contributed by atoms with van der Waals surface area (Å²) in [7, 11) is 1.53. The van der Waals surface area contributed by atoms with E-state index in [1.807, 2.05) is 0 Å². The zero-order valence-corrected chi connectivity index (χ0v) is 9.33. The summed E-state index contributed by atoms with van der Waals surface area (Å²) >= 11 is 0. The van der Waals surface area contributed by atoms with E-state index in [0.29, 0.717) is 5.69 Å². The Labute approximate surface area is 97.4 Å². The average molecular weight is 242 g/mol. The first kappa shape index (κ1) is 13.0. The van der Waals surface area contributed by atoms with E-state index in [-0.39, 0.29) is 19.7 Å². The summed E-state index contributed by atoms with van der Waals surface area (Å²) in [6, 6.07) is -0.395. The molecular weight excluding hydrogens is 228 g/mol. The molecule has 1 heterocycles. The van der Waals surface area contributed by atoms with E-state index < -0.39 is 12.0 Å². The molecular formula is C9H14N4O4. The molecule has 0 aliphatic rings. The molecule has 0 aromatic carbocycles. The second-order valence-electron chi connectivity index (χ2n) is 3.40. The molecule has 8 nitrogen and oxygen atoms in total. The number of carbonyl (C=O) groups excluding carboxylic acids is 1. The number of rotatable bonds is 5. The lowest BCUT2D eigenvalue weighted by Gasteiger charge is -2.15. The third kappa shape index (κ3) is 4.11. The summed E-state index contributed by atoms with van der Waals surface area (Å²) in [5.41, 5.74) is 0.404. The lowest BCUT2D eigenvalue weighted by molar-refractivity contribution is -0.137. The summed E-state index contributed by atoms with van der Waals surface area (Å²) in [5, 5.41) is 23.5. The van der Waals surface area contributed by atoms with E-state index in [0.717, 1.165) is 0 Å². The molecule has 1 aromatic heterocycles. The predicted octanol–water partition coefficient (Wildman–Crippen LogP) is -0.576. The number of carbonyl (C=O) groups is 2. The van der Waals surface area contributed by atoms with Crippen molar-refractivity contribution in [2.24, 2.45) is 0 Å². The maximum Gasteiger partial charge on any atom is 0.325 e. The van der Waals surface area contributed by atoms with Crippen LogP contribution in [0.5, 0.6) is 0 Å². The molecule has 0 fully saturated rings. The molecule has 1 rings (SSSR count). The van der Waals surface area contributed by atoms with Gasteiger partial charge in [0.1, 0.15) is 6.54 Å². The van der Waals surface area contributed by atoms with Gasteiger partial charge in [0, 0.05) is 19.8 Å². The van der Waals surface area contributed by atoms with Gasteiger partial charge in [0.05, 0.1) is 18.5 Å². The van der Waals surface area contributed by atoms with Gasteiger partial charge in [0.15, 0.2) is 0 Å². The minimum atomic E-state index is -1.01. The third-order valence-corrected chi connectivity index (χ3v) is 1.96. The molecule has 0 aliphatic carbocycles. The van der Waals surface area contributed by atoms with Crippen molar-refractivity contribution in [3.05, 3.63) is 12.4 Å². The van der Waals surface area contributed by atoms with Crippen molar-refractivity contribution in [3.8, 4) is 0 Å². The minimum absolute atomic E-state index is 0.123. The zero-order chi connectivity index (χ0) is 12.8. The van der Waals surface area contributed by atoms with Crippen molar-refractivity contribution in [2.75, 3.05) is 25.5 Å². The number of carboxylic acids is 1. The first-order valence-corrected chi connectivity index (χ1v) is 4.90. The van der Waals surface area contributed by atoms with Crippen LogP contribution in [0.15, 0.2) is 12.4 Å². The highest BCUT2D eigenvalue weighted by Crippen LogP contribution is 2.05. The Morgan fingerprint density at radius 2 is 2.29 bits per heavy atom. The second kappa shape index (κ2) is 5.85. The van der Waals surface area contributed by atoms with E-state index in [2.05, 4.69) is 10.4 Å². The molecule has 8 heteroatoms. The fourth-order valence-electron chi connectivity index (χ4n) is 1.12. The molecule has 0 radical (unpaired) electrons. The fraction of sp³-hybridized carbons (Fsp3) is 0.444. The molecule has 0 aliphatic heterocycles. The van der Waals surface area contributed by atoms with Crippen molar-refractivity contribution in [3.63, 3.8) is 0 Å². The van der Waals surface area contributed by atoms with Gasteiger partial charge in [-0.25, -0.2) is 4.79 Å². The van der Waals surface area contributed by atoms with E-state index >= 15 is 0 Å². The maximum absolute atomic E-state index is 11.5. The van der Waals surface area contributed by atoms with Crippen LogP contribution in [0.4, 0.5) is 10.5 Å². The fourth-order valence-corrected chi connectivity index (χ4v) is 1.12. The van der Waals surface area contributed by atoms with Crippen LogP contribution in [0, 0.1) is 0 Å². The van der Waals surface area contributed by atoms with Crippen LogP contribution in [0.1, 0.15) is 0 Å². The maximum atomic E-state index is 11.5. The second-order valence-corrected chi connectivity index (χ2v) is 3.40. The normalized spacial score (nSPS) is 10.0. The van der Waals surface area contributed by atoms with Crippen LogP contribution in [-0.4, -0.2) is 57.1 Å². The summed E-state index contributed by atoms with van der Waals surface area (Å²) in [5.74, 6) is -1.01. The topological polar surface area (TPSA) is 108 Å². The number of aliphatic carboxylic acids is 1. The van der Waals surface area contributed by atoms with Crippen LogP contribution in [-0.2, 0) is 11.3 Å². The number of carboxylic acid groups (broad SMARTS) is 1. The highest BCUT2D eigenvalue weighted by molar-refractivity contribution is 5.88. The molecule has 17 heavy (non-hydrogen) atoms. The summed E-state index contributed by atoms with van der Waals surface area (Å²) in [6.07, 6.45) is 2.77. The van der Waals surface area contributed by atoms with Crippen molar-refractivity contribution >= 4 is 17.7 Å². The number of likely N-dealkylation sites (N-methyl/N-ethyl adjacent to an activating group) is 1. The lowest BCUT2D eigenvalue weighted by atomic mass is 10.5. The molecule has 3 N–H and O–H groups in total. The van der Waals surface area contributed by atoms with E-state index in [1.54, 1.807) is 0 Å². The summed E-state index contributed by atoms with van der Waals surface area (Å²) in [4.78, 5) is 23.2. The van der Waals surface area contributed by atoms with Gasteiger partial charge in [-0.05, 0) is 0 Å². The Kier molecular flexibility index (Phi) is 4.46. The highest BCUT2D eigenvalue weighted by atomic mass is 16.4. The Morgan fingerprint density at radius 1 is 1.59 bits per heavy atom. The summed E-state index contributed by atoms with van der Waals surface area (Å²) < 4.78 is 1.20. The number of amides is 2. The minimum Gasteiger partial charge on any atom is -0.480 e. The van der Waals surface area contributed by atoms with Crippen LogP contribution >= 0.6 is 0 Å². The number of anilines is 1. The van der Waals surface area contributed by atoms with E-state index in [4.69, 9.17) is 10.2 Å². The van der Waals surface area contributed by atoms with Gasteiger partial charge < -0.3 is 20.4 Å². The smallest absolute Gasteiger partial charge is 0.325 e. The van der Waals surface area contributed by atoms with Crippen molar-refractivity contribution in [2.45, 2.75) is 6.54 Å². The highest BCUT2D eigenvalue weighted by Gasteiger charge is 2.09. The largest absolute Gasteiger partial charge is 0.480 e. The van der Waals surface area contributed by atoms with Crippen LogP contribution < -0.4 is 5.32 Å². The number of hydrogen-bond acceptors (Lipinski definition) is 4. The SMILES string of the molecule is CN(CCO)C(=O)Nc1cnn(CC(=O)O)c1. The van der Waals surface area contributed by atoms with Crippen LogP contribution in [0.2, 0.25) is 0 Å². The lowest BCUT2D eigenvalue weighted by Crippen LogP contribution is -2.33. The van der Waals surface area contributed by atoms with Crippen LogP contribution in [0.3, 0.4) is 0 Å². The summed E-state index contributed by atoms with van der Waals surface area (Å²) in [6.45, 7) is -0.167. The van der Waals surface area contributed by atoms with Gasteiger partial charge in [0.25, 0.3) is 0 Å².